The van der Waals surface area contributed by atoms with Gasteiger partial charge >= 0.3 is 0 Å². The lowest BCUT2D eigenvalue weighted by Gasteiger charge is -2.21. The third kappa shape index (κ3) is 1.99. The first-order valence-electron chi connectivity index (χ1n) is 7.71. The molecule has 4 rings (SSSR count). The Morgan fingerprint density at radius 2 is 1.32 bits per heavy atom. The van der Waals surface area contributed by atoms with E-state index in [2.05, 4.69) is 62.4 Å². The Hall–Kier alpha value is -2.62. The Kier molecular flexibility index (Phi) is 3.15. The van der Waals surface area contributed by atoms with Crippen molar-refractivity contribution >= 4 is 22.1 Å². The van der Waals surface area contributed by atoms with Crippen LogP contribution in [0.1, 0.15) is 25.9 Å². The van der Waals surface area contributed by atoms with Crippen molar-refractivity contribution in [3.8, 4) is 0 Å². The van der Waals surface area contributed by atoms with Crippen LogP contribution in [0.5, 0.6) is 0 Å². The predicted molar refractivity (Wildman–Crippen MR) is 88.8 cm³/mol. The molecule has 0 aliphatic heterocycles. The zero-order valence-corrected chi connectivity index (χ0v) is 12.6. The largest absolute Gasteiger partial charge is 0.309 e. The van der Waals surface area contributed by atoms with Gasteiger partial charge in [-0.1, -0.05) is 37.6 Å². The van der Waals surface area contributed by atoms with Crippen molar-refractivity contribution in [2.45, 2.75) is 25.9 Å². The van der Waals surface area contributed by atoms with E-state index in [-0.39, 0.29) is 6.17 Å². The Morgan fingerprint density at radius 3 is 1.82 bits per heavy atom. The summed E-state index contributed by atoms with van der Waals surface area (Å²) < 4.78 is 4.51. The van der Waals surface area contributed by atoms with Crippen LogP contribution in [0.15, 0.2) is 61.2 Å². The maximum absolute atomic E-state index is 4.54. The number of aromatic nitrogens is 4. The van der Waals surface area contributed by atoms with Gasteiger partial charge in [0.15, 0.2) is 0 Å². The summed E-state index contributed by atoms with van der Waals surface area (Å²) in [5.74, 6) is 0. The van der Waals surface area contributed by atoms with Gasteiger partial charge in [-0.05, 0) is 30.7 Å². The van der Waals surface area contributed by atoms with Crippen LogP contribution >= 0.6 is 0 Å². The van der Waals surface area contributed by atoms with Gasteiger partial charge in [0.05, 0.1) is 34.7 Å². The molecular formula is C18H18N4. The van der Waals surface area contributed by atoms with Gasteiger partial charge in [-0.3, -0.25) is 0 Å². The Labute approximate surface area is 129 Å². The zero-order valence-electron chi connectivity index (χ0n) is 12.6. The van der Waals surface area contributed by atoms with Crippen LogP contribution in [-0.4, -0.2) is 19.1 Å². The minimum atomic E-state index is 0.199. The number of hydrogen-bond donors (Lipinski definition) is 0. The molecule has 2 aromatic heterocycles. The Balaban J connectivity index is 1.91. The van der Waals surface area contributed by atoms with E-state index in [1.165, 1.54) is 11.0 Å². The summed E-state index contributed by atoms with van der Waals surface area (Å²) in [7, 11) is 0. The molecule has 0 aliphatic rings. The fourth-order valence-corrected chi connectivity index (χ4v) is 3.10. The van der Waals surface area contributed by atoms with Crippen LogP contribution in [0.4, 0.5) is 0 Å². The molecule has 0 amide bonds. The van der Waals surface area contributed by atoms with Crippen LogP contribution in [0.2, 0.25) is 0 Å². The third-order valence-electron chi connectivity index (χ3n) is 4.15. The Bertz CT molecular complexity index is 845. The predicted octanol–water partition coefficient (Wildman–Crippen LogP) is 4.23. The molecule has 2 heterocycles. The summed E-state index contributed by atoms with van der Waals surface area (Å²) in [5, 5.41) is 0. The van der Waals surface area contributed by atoms with Crippen LogP contribution in [0.25, 0.3) is 22.1 Å². The molecule has 0 aliphatic carbocycles. The molecule has 0 radical (unpaired) electrons. The van der Waals surface area contributed by atoms with E-state index in [1.54, 1.807) is 0 Å². The summed E-state index contributed by atoms with van der Waals surface area (Å²) in [6.45, 7) is 2.21. The summed E-state index contributed by atoms with van der Waals surface area (Å²) in [5.41, 5.74) is 4.40. The maximum Gasteiger partial charge on any atom is 0.113 e. The quantitative estimate of drug-likeness (QED) is 0.564. The average molecular weight is 290 g/mol. The van der Waals surface area contributed by atoms with Crippen LogP contribution in [0.3, 0.4) is 0 Å². The van der Waals surface area contributed by atoms with E-state index < -0.39 is 0 Å². The number of para-hydroxylation sites is 4. The van der Waals surface area contributed by atoms with E-state index in [1.807, 2.05) is 24.8 Å². The second-order valence-corrected chi connectivity index (χ2v) is 5.55. The van der Waals surface area contributed by atoms with Crippen molar-refractivity contribution in [2.75, 3.05) is 0 Å². The number of benzene rings is 2. The normalized spacial score (nSPS) is 11.7. The lowest BCUT2D eigenvalue weighted by Crippen LogP contribution is -2.16. The SMILES string of the molecule is CCCC(n1cnc2ccccc21)n1cnc2ccccc21. The lowest BCUT2D eigenvalue weighted by molar-refractivity contribution is 0.415. The number of imidazole rings is 2. The smallest absolute Gasteiger partial charge is 0.113 e. The molecule has 0 bridgehead atoms. The van der Waals surface area contributed by atoms with E-state index >= 15 is 0 Å². The number of rotatable bonds is 4. The molecule has 0 saturated heterocycles. The molecule has 2 aromatic carbocycles. The van der Waals surface area contributed by atoms with Crippen molar-refractivity contribution in [3.63, 3.8) is 0 Å². The molecule has 4 aromatic rings. The van der Waals surface area contributed by atoms with E-state index in [9.17, 15) is 0 Å². The van der Waals surface area contributed by atoms with Gasteiger partial charge < -0.3 is 9.13 Å². The van der Waals surface area contributed by atoms with Crippen molar-refractivity contribution in [1.29, 1.82) is 0 Å². The molecule has 0 N–H and O–H groups in total. The van der Waals surface area contributed by atoms with E-state index in [0.29, 0.717) is 0 Å². The molecule has 4 heteroatoms. The van der Waals surface area contributed by atoms with Crippen LogP contribution in [0, 0.1) is 0 Å². The standard InChI is InChI=1S/C18H18N4/c1-2-7-18(21-12-19-14-8-3-5-10-16(14)21)22-13-20-15-9-4-6-11-17(15)22/h3-6,8-13,18H,2,7H2,1H3. The molecule has 0 saturated carbocycles. The third-order valence-corrected chi connectivity index (χ3v) is 4.15. The molecular weight excluding hydrogens is 272 g/mol. The fourth-order valence-electron chi connectivity index (χ4n) is 3.10. The zero-order chi connectivity index (χ0) is 14.9. The highest BCUT2D eigenvalue weighted by Gasteiger charge is 2.17. The summed E-state index contributed by atoms with van der Waals surface area (Å²) in [6.07, 6.45) is 6.23. The highest BCUT2D eigenvalue weighted by atomic mass is 15.2. The molecule has 0 unspecified atom stereocenters. The molecule has 4 nitrogen and oxygen atoms in total. The minimum absolute atomic E-state index is 0.199. The van der Waals surface area contributed by atoms with Gasteiger partial charge in [0.1, 0.15) is 6.17 Å². The van der Waals surface area contributed by atoms with Gasteiger partial charge in [-0.25, -0.2) is 9.97 Å². The highest BCUT2D eigenvalue weighted by molar-refractivity contribution is 5.77. The van der Waals surface area contributed by atoms with Crippen molar-refractivity contribution in [3.05, 3.63) is 61.2 Å². The summed E-state index contributed by atoms with van der Waals surface area (Å²) in [4.78, 5) is 9.08. The van der Waals surface area contributed by atoms with Crippen LogP contribution in [-0.2, 0) is 0 Å². The monoisotopic (exact) mass is 290 g/mol. The van der Waals surface area contributed by atoms with Gasteiger partial charge in [0.25, 0.3) is 0 Å². The van der Waals surface area contributed by atoms with Crippen LogP contribution < -0.4 is 0 Å². The van der Waals surface area contributed by atoms with E-state index in [0.717, 1.165) is 23.9 Å². The van der Waals surface area contributed by atoms with Gasteiger partial charge in [0, 0.05) is 0 Å². The van der Waals surface area contributed by atoms with Gasteiger partial charge in [0.2, 0.25) is 0 Å². The van der Waals surface area contributed by atoms with Gasteiger partial charge in [-0.15, -0.1) is 0 Å². The second kappa shape index (κ2) is 5.30. The minimum Gasteiger partial charge on any atom is -0.309 e. The average Bonchev–Trinajstić information content (AvgIpc) is 3.17. The van der Waals surface area contributed by atoms with Crippen molar-refractivity contribution in [1.82, 2.24) is 19.1 Å². The molecule has 0 fully saturated rings. The first-order valence-corrected chi connectivity index (χ1v) is 7.71. The van der Waals surface area contributed by atoms with Crippen molar-refractivity contribution < 1.29 is 0 Å². The fraction of sp³-hybridized carbons (Fsp3) is 0.222. The first-order chi connectivity index (χ1) is 10.9. The molecule has 0 atom stereocenters. The van der Waals surface area contributed by atoms with Gasteiger partial charge in [-0.2, -0.15) is 0 Å². The van der Waals surface area contributed by atoms with E-state index in [4.69, 9.17) is 0 Å². The number of fused-ring (bicyclic) bond motifs is 2. The molecule has 22 heavy (non-hydrogen) atoms. The number of hydrogen-bond acceptors (Lipinski definition) is 2. The summed E-state index contributed by atoms with van der Waals surface area (Å²) in [6, 6.07) is 16.6. The maximum atomic E-state index is 4.54. The molecule has 0 spiro atoms. The second-order valence-electron chi connectivity index (χ2n) is 5.55. The summed E-state index contributed by atoms with van der Waals surface area (Å²) >= 11 is 0. The van der Waals surface area contributed by atoms with Crippen molar-refractivity contribution in [2.24, 2.45) is 0 Å². The topological polar surface area (TPSA) is 35.6 Å². The lowest BCUT2D eigenvalue weighted by atomic mass is 10.2. The highest BCUT2D eigenvalue weighted by Crippen LogP contribution is 2.26. The first kappa shape index (κ1) is 13.1. The molecule has 110 valence electrons. The Morgan fingerprint density at radius 1 is 0.818 bits per heavy atom. The number of nitrogens with zero attached hydrogens (tertiary/aromatic N) is 4.